The van der Waals surface area contributed by atoms with E-state index in [-0.39, 0.29) is 5.41 Å². The van der Waals surface area contributed by atoms with E-state index >= 15 is 0 Å². The van der Waals surface area contributed by atoms with Crippen LogP contribution in [0.25, 0.3) is 0 Å². The lowest BCUT2D eigenvalue weighted by atomic mass is 9.55. The second-order valence-electron chi connectivity index (χ2n) is 5.09. The van der Waals surface area contributed by atoms with Crippen molar-refractivity contribution < 1.29 is 9.90 Å². The van der Waals surface area contributed by atoms with Gasteiger partial charge in [-0.05, 0) is 37.5 Å². The quantitative estimate of drug-likeness (QED) is 0.711. The molecule has 0 spiro atoms. The maximum absolute atomic E-state index is 11.2. The number of hydrogen-bond donors (Lipinski definition) is 0. The molecular weight excluding hydrogens is 244 g/mol. The van der Waals surface area contributed by atoms with Crippen molar-refractivity contribution in [3.8, 4) is 0 Å². The number of hydrogen-bond acceptors (Lipinski definition) is 2. The summed E-state index contributed by atoms with van der Waals surface area (Å²) in [5, 5.41) is 12.2. The number of fused-ring (bicyclic) bond motifs is 2. The van der Waals surface area contributed by atoms with Gasteiger partial charge in [0.25, 0.3) is 0 Å². The molecule has 0 amide bonds. The number of halogens is 1. The molecule has 3 heteroatoms. The molecule has 2 aliphatic carbocycles. The van der Waals surface area contributed by atoms with Crippen molar-refractivity contribution in [3.63, 3.8) is 0 Å². The lowest BCUT2D eigenvalue weighted by molar-refractivity contribution is -0.324. The lowest BCUT2D eigenvalue weighted by Crippen LogP contribution is -2.51. The highest BCUT2D eigenvalue weighted by Crippen LogP contribution is 2.55. The Labute approximate surface area is 93.2 Å². The van der Waals surface area contributed by atoms with E-state index in [0.717, 1.165) is 37.4 Å². The SMILES string of the molecule is O=C([O-])C12CCCC(CBr)(CCC1)C2. The topological polar surface area (TPSA) is 40.1 Å². The average Bonchev–Trinajstić information content (AvgIpc) is 2.18. The van der Waals surface area contributed by atoms with Crippen LogP contribution in [-0.4, -0.2) is 11.3 Å². The third-order valence-electron chi connectivity index (χ3n) is 4.15. The first-order valence-corrected chi connectivity index (χ1v) is 6.52. The number of carboxylic acids is 1. The number of carbonyl (C=O) groups is 1. The lowest BCUT2D eigenvalue weighted by Gasteiger charge is -2.52. The molecule has 2 nitrogen and oxygen atoms in total. The molecule has 2 saturated carbocycles. The molecule has 0 aromatic heterocycles. The van der Waals surface area contributed by atoms with Crippen LogP contribution < -0.4 is 5.11 Å². The van der Waals surface area contributed by atoms with Gasteiger partial charge in [-0.25, -0.2) is 0 Å². The fourth-order valence-electron chi connectivity index (χ4n) is 3.38. The number of alkyl halides is 1. The van der Waals surface area contributed by atoms with Crippen LogP contribution in [-0.2, 0) is 4.79 Å². The molecule has 0 aliphatic heterocycles. The maximum atomic E-state index is 11.2. The monoisotopic (exact) mass is 259 g/mol. The Bertz CT molecular complexity index is 240. The second-order valence-corrected chi connectivity index (χ2v) is 5.65. The van der Waals surface area contributed by atoms with Crippen LogP contribution in [0.2, 0.25) is 0 Å². The van der Waals surface area contributed by atoms with Crippen LogP contribution >= 0.6 is 15.9 Å². The third-order valence-corrected chi connectivity index (χ3v) is 5.34. The van der Waals surface area contributed by atoms with Crippen LogP contribution in [0.4, 0.5) is 0 Å². The molecular formula is C11H16BrO2-. The fourth-order valence-corrected chi connectivity index (χ4v) is 4.14. The summed E-state index contributed by atoms with van der Waals surface area (Å²) in [6.07, 6.45) is 7.00. The minimum absolute atomic E-state index is 0.260. The number of aliphatic carboxylic acids is 1. The van der Waals surface area contributed by atoms with Crippen molar-refractivity contribution in [2.75, 3.05) is 5.33 Å². The molecule has 0 unspecified atom stereocenters. The Morgan fingerprint density at radius 1 is 1.21 bits per heavy atom. The van der Waals surface area contributed by atoms with Crippen molar-refractivity contribution in [1.82, 2.24) is 0 Å². The standard InChI is InChI=1S/C11H17BrO2/c12-8-10-3-1-5-11(7-10,9(13)14)6-2-4-10/h1-8H2,(H,13,14)/p-1. The highest BCUT2D eigenvalue weighted by molar-refractivity contribution is 9.09. The van der Waals surface area contributed by atoms with Crippen LogP contribution in [0.3, 0.4) is 0 Å². The van der Waals surface area contributed by atoms with Crippen molar-refractivity contribution in [2.45, 2.75) is 44.9 Å². The molecule has 0 N–H and O–H groups in total. The summed E-state index contributed by atoms with van der Waals surface area (Å²) in [6.45, 7) is 0. The summed E-state index contributed by atoms with van der Waals surface area (Å²) < 4.78 is 0. The Hall–Kier alpha value is -0.0500. The summed E-state index contributed by atoms with van der Waals surface area (Å²) in [7, 11) is 0. The van der Waals surface area contributed by atoms with Crippen LogP contribution in [0, 0.1) is 10.8 Å². The molecule has 14 heavy (non-hydrogen) atoms. The minimum Gasteiger partial charge on any atom is -0.550 e. The maximum Gasteiger partial charge on any atom is 0.0476 e. The van der Waals surface area contributed by atoms with Gasteiger partial charge in [-0.15, -0.1) is 0 Å². The van der Waals surface area contributed by atoms with Gasteiger partial charge in [0.2, 0.25) is 0 Å². The first-order valence-electron chi connectivity index (χ1n) is 5.40. The third kappa shape index (κ3) is 1.50. The largest absolute Gasteiger partial charge is 0.550 e. The van der Waals surface area contributed by atoms with Gasteiger partial charge >= 0.3 is 0 Å². The van der Waals surface area contributed by atoms with Gasteiger partial charge in [0, 0.05) is 16.7 Å². The van der Waals surface area contributed by atoms with E-state index < -0.39 is 11.4 Å². The Morgan fingerprint density at radius 2 is 1.79 bits per heavy atom. The Morgan fingerprint density at radius 3 is 2.21 bits per heavy atom. The van der Waals surface area contributed by atoms with Crippen molar-refractivity contribution in [2.24, 2.45) is 10.8 Å². The van der Waals surface area contributed by atoms with E-state index in [1.807, 2.05) is 0 Å². The molecule has 0 atom stereocenters. The van der Waals surface area contributed by atoms with E-state index in [9.17, 15) is 9.90 Å². The fraction of sp³-hybridized carbons (Fsp3) is 0.909. The van der Waals surface area contributed by atoms with Crippen molar-refractivity contribution in [1.29, 1.82) is 0 Å². The van der Waals surface area contributed by atoms with Gasteiger partial charge in [-0.3, -0.25) is 0 Å². The van der Waals surface area contributed by atoms with Gasteiger partial charge in [0.05, 0.1) is 0 Å². The van der Waals surface area contributed by atoms with E-state index in [4.69, 9.17) is 0 Å². The zero-order valence-corrected chi connectivity index (χ0v) is 9.94. The van der Waals surface area contributed by atoms with Crippen LogP contribution in [0.1, 0.15) is 44.9 Å². The first-order chi connectivity index (χ1) is 6.63. The minimum atomic E-state index is -0.803. The smallest absolute Gasteiger partial charge is 0.0476 e. The van der Waals surface area contributed by atoms with Gasteiger partial charge in [-0.2, -0.15) is 0 Å². The van der Waals surface area contributed by atoms with Crippen LogP contribution in [0.15, 0.2) is 0 Å². The van der Waals surface area contributed by atoms with E-state index in [1.165, 1.54) is 12.8 Å². The molecule has 2 bridgehead atoms. The average molecular weight is 260 g/mol. The second kappa shape index (κ2) is 3.51. The molecule has 0 heterocycles. The molecule has 0 aromatic carbocycles. The summed E-state index contributed by atoms with van der Waals surface area (Å²) in [4.78, 5) is 11.2. The summed E-state index contributed by atoms with van der Waals surface area (Å²) >= 11 is 3.55. The van der Waals surface area contributed by atoms with Crippen LogP contribution in [0.5, 0.6) is 0 Å². The Balaban J connectivity index is 2.24. The van der Waals surface area contributed by atoms with Gasteiger partial charge in [0.15, 0.2) is 0 Å². The number of carboxylic acid groups (broad SMARTS) is 1. The summed E-state index contributed by atoms with van der Waals surface area (Å²) in [6, 6.07) is 0. The zero-order chi connectivity index (χ0) is 10.2. The highest BCUT2D eigenvalue weighted by Gasteiger charge is 2.47. The first kappa shape index (κ1) is 10.5. The Kier molecular flexibility index (Phi) is 2.63. The number of rotatable bonds is 2. The molecule has 2 fully saturated rings. The summed E-state index contributed by atoms with van der Waals surface area (Å²) in [5.74, 6) is -0.803. The molecule has 0 saturated heterocycles. The summed E-state index contributed by atoms with van der Waals surface area (Å²) in [5.41, 5.74) is -0.221. The highest BCUT2D eigenvalue weighted by atomic mass is 79.9. The molecule has 0 radical (unpaired) electrons. The molecule has 2 rings (SSSR count). The zero-order valence-electron chi connectivity index (χ0n) is 8.35. The predicted molar refractivity (Wildman–Crippen MR) is 56.0 cm³/mol. The predicted octanol–water partition coefficient (Wildman–Crippen LogP) is 1.86. The normalized spacial score (nSPS) is 42.1. The van der Waals surface area contributed by atoms with Gasteiger partial charge in [-0.1, -0.05) is 28.8 Å². The van der Waals surface area contributed by atoms with E-state index in [1.54, 1.807) is 0 Å². The van der Waals surface area contributed by atoms with Gasteiger partial charge in [0.1, 0.15) is 0 Å². The van der Waals surface area contributed by atoms with Crippen molar-refractivity contribution in [3.05, 3.63) is 0 Å². The van der Waals surface area contributed by atoms with E-state index in [2.05, 4.69) is 15.9 Å². The molecule has 0 aromatic rings. The van der Waals surface area contributed by atoms with Crippen molar-refractivity contribution >= 4 is 21.9 Å². The molecule has 2 aliphatic rings. The number of carbonyl (C=O) groups excluding carboxylic acids is 1. The van der Waals surface area contributed by atoms with Gasteiger partial charge < -0.3 is 9.90 Å². The molecule has 80 valence electrons. The van der Waals surface area contributed by atoms with E-state index in [0.29, 0.717) is 0 Å².